The van der Waals surface area contributed by atoms with Crippen LogP contribution in [0.4, 0.5) is 15.9 Å². The average molecular weight is 444 g/mol. The van der Waals surface area contributed by atoms with Crippen molar-refractivity contribution in [2.45, 2.75) is 30.7 Å². The number of hydrogen-bond donors (Lipinski definition) is 3. The van der Waals surface area contributed by atoms with Gasteiger partial charge in [0.05, 0.1) is 5.56 Å². The van der Waals surface area contributed by atoms with E-state index in [1.54, 1.807) is 6.07 Å². The number of aromatic nitrogens is 3. The molecule has 4 N–H and O–H groups in total. The van der Waals surface area contributed by atoms with E-state index in [0.29, 0.717) is 11.3 Å². The number of nitrogen functional groups attached to an aromatic ring is 1. The Hall–Kier alpha value is -3.31. The molecule has 0 atom stereocenters. The van der Waals surface area contributed by atoms with Crippen molar-refractivity contribution in [1.29, 1.82) is 0 Å². The third-order valence-electron chi connectivity index (χ3n) is 5.23. The molecule has 2 aromatic heterocycles. The third-order valence-corrected chi connectivity index (χ3v) is 7.00. The van der Waals surface area contributed by atoms with Crippen LogP contribution in [-0.4, -0.2) is 40.4 Å². The average Bonchev–Trinajstić information content (AvgIpc) is 3.12. The number of anilines is 2. The third kappa shape index (κ3) is 3.66. The molecule has 0 spiro atoms. The number of nitrogens with zero attached hydrogens (tertiary/aromatic N) is 3. The van der Waals surface area contributed by atoms with Gasteiger partial charge in [-0.15, -0.1) is 0 Å². The molecule has 0 unspecified atom stereocenters. The molecule has 162 valence electrons. The number of halogens is 1. The maximum atomic E-state index is 14.1. The summed E-state index contributed by atoms with van der Waals surface area (Å²) < 4.78 is 41.8. The van der Waals surface area contributed by atoms with Crippen LogP contribution in [0.3, 0.4) is 0 Å². The number of amides is 1. The Labute approximate surface area is 178 Å². The highest BCUT2D eigenvalue weighted by atomic mass is 32.2. The normalized spacial score (nSPS) is 16.0. The smallest absolute Gasteiger partial charge is 0.261 e. The van der Waals surface area contributed by atoms with Gasteiger partial charge in [0.15, 0.2) is 5.82 Å². The highest BCUT2D eigenvalue weighted by Crippen LogP contribution is 2.37. The summed E-state index contributed by atoms with van der Waals surface area (Å²) in [6.07, 6.45) is 2.78. The molecule has 0 bridgehead atoms. The number of benzene rings is 1. The van der Waals surface area contributed by atoms with Gasteiger partial charge < -0.3 is 11.1 Å². The maximum Gasteiger partial charge on any atom is 0.261 e. The van der Waals surface area contributed by atoms with Crippen molar-refractivity contribution in [2.24, 2.45) is 0 Å². The molecule has 1 amide bonds. The van der Waals surface area contributed by atoms with E-state index < -0.39 is 27.2 Å². The Kier molecular flexibility index (Phi) is 5.02. The van der Waals surface area contributed by atoms with Crippen LogP contribution in [0.1, 0.15) is 35.5 Å². The number of pyridine rings is 1. The number of hydrogen-bond acceptors (Lipinski definition) is 6. The van der Waals surface area contributed by atoms with Crippen LogP contribution in [0.2, 0.25) is 0 Å². The second kappa shape index (κ2) is 7.43. The van der Waals surface area contributed by atoms with Gasteiger partial charge in [-0.1, -0.05) is 19.9 Å². The quantitative estimate of drug-likeness (QED) is 0.529. The number of nitrogens with one attached hydrogen (secondary N) is 2. The molecule has 0 aliphatic carbocycles. The Balaban J connectivity index is 1.69. The lowest BCUT2D eigenvalue weighted by atomic mass is 9.84. The van der Waals surface area contributed by atoms with Crippen LogP contribution >= 0.6 is 0 Å². The number of rotatable bonds is 4. The van der Waals surface area contributed by atoms with E-state index in [1.165, 1.54) is 34.9 Å². The number of fused-ring (bicyclic) bond motifs is 1. The molecule has 0 radical (unpaired) electrons. The minimum absolute atomic E-state index is 0.0111. The predicted octanol–water partition coefficient (Wildman–Crippen LogP) is 2.26. The molecular weight excluding hydrogens is 423 g/mol. The van der Waals surface area contributed by atoms with Gasteiger partial charge in [0, 0.05) is 47.8 Å². The molecule has 31 heavy (non-hydrogen) atoms. The molecule has 1 aliphatic heterocycles. The van der Waals surface area contributed by atoms with Crippen molar-refractivity contribution in [3.05, 3.63) is 65.4 Å². The van der Waals surface area contributed by atoms with Gasteiger partial charge in [0.25, 0.3) is 5.91 Å². The van der Waals surface area contributed by atoms with Crippen LogP contribution in [0.5, 0.6) is 0 Å². The first-order valence-electron chi connectivity index (χ1n) is 9.44. The first kappa shape index (κ1) is 20.9. The van der Waals surface area contributed by atoms with Crippen molar-refractivity contribution < 1.29 is 17.6 Å². The molecule has 3 aromatic rings. The zero-order valence-corrected chi connectivity index (χ0v) is 17.7. The van der Waals surface area contributed by atoms with E-state index >= 15 is 0 Å². The lowest BCUT2D eigenvalue weighted by molar-refractivity contribution is 0.102. The number of aromatic amines is 1. The maximum absolute atomic E-state index is 14.1. The number of carbonyl (C=O) groups excluding carboxylic acids is 1. The van der Waals surface area contributed by atoms with Gasteiger partial charge in [-0.25, -0.2) is 12.8 Å². The molecule has 0 fully saturated rings. The summed E-state index contributed by atoms with van der Waals surface area (Å²) in [7, 11) is -3.83. The predicted molar refractivity (Wildman–Crippen MR) is 112 cm³/mol. The summed E-state index contributed by atoms with van der Waals surface area (Å²) in [5, 5.41) is 9.61. The van der Waals surface area contributed by atoms with Gasteiger partial charge in [-0.3, -0.25) is 14.9 Å². The lowest BCUT2D eigenvalue weighted by Crippen LogP contribution is -2.45. The summed E-state index contributed by atoms with van der Waals surface area (Å²) in [5.74, 6) is -1.40. The molecule has 0 saturated heterocycles. The molecule has 1 aliphatic rings. The van der Waals surface area contributed by atoms with E-state index in [2.05, 4.69) is 20.5 Å². The molecule has 3 heterocycles. The van der Waals surface area contributed by atoms with Crippen LogP contribution in [0.15, 0.2) is 47.6 Å². The van der Waals surface area contributed by atoms with Crippen molar-refractivity contribution in [1.82, 2.24) is 19.5 Å². The van der Waals surface area contributed by atoms with E-state index in [4.69, 9.17) is 5.73 Å². The first-order valence-corrected chi connectivity index (χ1v) is 10.9. The number of nitrogens with two attached hydrogens (primary N) is 1. The van der Waals surface area contributed by atoms with Gasteiger partial charge in [-0.2, -0.15) is 9.40 Å². The minimum atomic E-state index is -3.83. The monoisotopic (exact) mass is 444 g/mol. The summed E-state index contributed by atoms with van der Waals surface area (Å²) >= 11 is 0. The van der Waals surface area contributed by atoms with Crippen LogP contribution in [-0.2, 0) is 22.0 Å². The largest absolute Gasteiger partial charge is 0.398 e. The Bertz CT molecular complexity index is 1240. The fourth-order valence-corrected chi connectivity index (χ4v) is 5.24. The zero-order valence-electron chi connectivity index (χ0n) is 16.9. The van der Waals surface area contributed by atoms with Gasteiger partial charge >= 0.3 is 0 Å². The second-order valence-corrected chi connectivity index (χ2v) is 9.87. The van der Waals surface area contributed by atoms with Crippen molar-refractivity contribution in [3.63, 3.8) is 0 Å². The van der Waals surface area contributed by atoms with Crippen LogP contribution < -0.4 is 11.1 Å². The SMILES string of the molecule is CC1(C)CN(S(=O)(=O)c2cccnc2)Cc2c(NC(=O)c3c(N)cccc3F)n[nH]c21. The van der Waals surface area contributed by atoms with E-state index in [1.807, 2.05) is 13.8 Å². The number of H-pyrrole nitrogens is 1. The molecule has 9 nitrogen and oxygen atoms in total. The molecule has 1 aromatic carbocycles. The number of sulfonamides is 1. The molecule has 0 saturated carbocycles. The minimum Gasteiger partial charge on any atom is -0.398 e. The Morgan fingerprint density at radius 1 is 1.29 bits per heavy atom. The van der Waals surface area contributed by atoms with Crippen molar-refractivity contribution in [3.8, 4) is 0 Å². The van der Waals surface area contributed by atoms with E-state index in [0.717, 1.165) is 6.07 Å². The fraction of sp³-hybridized carbons (Fsp3) is 0.250. The van der Waals surface area contributed by atoms with Gasteiger partial charge in [0.1, 0.15) is 10.7 Å². The number of carbonyl (C=O) groups is 1. The molecule has 11 heteroatoms. The summed E-state index contributed by atoms with van der Waals surface area (Å²) in [6.45, 7) is 3.92. The van der Waals surface area contributed by atoms with E-state index in [9.17, 15) is 17.6 Å². The van der Waals surface area contributed by atoms with Crippen molar-refractivity contribution >= 4 is 27.4 Å². The summed E-state index contributed by atoms with van der Waals surface area (Å²) in [5.41, 5.74) is 6.03. The molecule has 4 rings (SSSR count). The highest BCUT2D eigenvalue weighted by Gasteiger charge is 2.41. The lowest BCUT2D eigenvalue weighted by Gasteiger charge is -2.36. The fourth-order valence-electron chi connectivity index (χ4n) is 3.70. The molecular formula is C20H21FN6O3S. The highest BCUT2D eigenvalue weighted by molar-refractivity contribution is 7.89. The summed E-state index contributed by atoms with van der Waals surface area (Å²) in [4.78, 5) is 16.6. The topological polar surface area (TPSA) is 134 Å². The van der Waals surface area contributed by atoms with Crippen LogP contribution in [0.25, 0.3) is 0 Å². The standard InChI is InChI=1S/C20H21FN6O3S/c1-20(2)11-27(31(29,30)12-5-4-8-23-9-12)10-13-17(20)25-26-18(13)24-19(28)16-14(21)6-3-7-15(16)22/h3-9H,10-11,22H2,1-2H3,(H2,24,25,26,28). The Morgan fingerprint density at radius 2 is 2.06 bits per heavy atom. The first-order chi connectivity index (χ1) is 14.6. The van der Waals surface area contributed by atoms with Gasteiger partial charge in [-0.05, 0) is 24.3 Å². The zero-order chi connectivity index (χ0) is 22.4. The van der Waals surface area contributed by atoms with Crippen molar-refractivity contribution in [2.75, 3.05) is 17.6 Å². The summed E-state index contributed by atoms with van der Waals surface area (Å²) in [6, 6.07) is 6.99. The van der Waals surface area contributed by atoms with E-state index in [-0.39, 0.29) is 35.1 Å². The van der Waals surface area contributed by atoms with Gasteiger partial charge in [0.2, 0.25) is 10.0 Å². The Morgan fingerprint density at radius 3 is 2.74 bits per heavy atom. The second-order valence-electron chi connectivity index (χ2n) is 7.93. The van der Waals surface area contributed by atoms with Crippen LogP contribution in [0, 0.1) is 5.82 Å².